The summed E-state index contributed by atoms with van der Waals surface area (Å²) in [5.74, 6) is 0.409. The lowest BCUT2D eigenvalue weighted by Gasteiger charge is -2.26. The van der Waals surface area contributed by atoms with Crippen molar-refractivity contribution in [2.45, 2.75) is 52.1 Å². The summed E-state index contributed by atoms with van der Waals surface area (Å²) in [5.41, 5.74) is 9.37. The van der Waals surface area contributed by atoms with E-state index in [4.69, 9.17) is 10.5 Å². The van der Waals surface area contributed by atoms with Crippen molar-refractivity contribution in [2.24, 2.45) is 0 Å². The van der Waals surface area contributed by atoms with Crippen LogP contribution in [-0.4, -0.2) is 44.3 Å². The summed E-state index contributed by atoms with van der Waals surface area (Å²) < 4.78 is 7.54. The third-order valence-electron chi connectivity index (χ3n) is 5.41. The summed E-state index contributed by atoms with van der Waals surface area (Å²) >= 11 is 0. The fourth-order valence-corrected chi connectivity index (χ4v) is 3.82. The Hall–Kier alpha value is -2.67. The third kappa shape index (κ3) is 4.85. The van der Waals surface area contributed by atoms with Gasteiger partial charge in [0.1, 0.15) is 5.82 Å². The maximum absolute atomic E-state index is 6.11. The van der Waals surface area contributed by atoms with Crippen LogP contribution in [0.15, 0.2) is 30.5 Å². The van der Waals surface area contributed by atoms with Crippen LogP contribution in [0, 0.1) is 0 Å². The van der Waals surface area contributed by atoms with Gasteiger partial charge in [0.2, 0.25) is 0 Å². The molecule has 0 saturated carbocycles. The Balaban J connectivity index is 1.52. The molecule has 2 N–H and O–H groups in total. The van der Waals surface area contributed by atoms with Crippen LogP contribution in [0.2, 0.25) is 0 Å². The highest BCUT2D eigenvalue weighted by Crippen LogP contribution is 2.22. The predicted molar refractivity (Wildman–Crippen MR) is 115 cm³/mol. The number of hydrogen-bond donors (Lipinski definition) is 1. The second-order valence-corrected chi connectivity index (χ2v) is 7.79. The Morgan fingerprint density at radius 3 is 2.66 bits per heavy atom. The Bertz CT molecular complexity index is 948. The van der Waals surface area contributed by atoms with E-state index in [2.05, 4.69) is 51.2 Å². The van der Waals surface area contributed by atoms with E-state index in [1.807, 2.05) is 4.68 Å². The van der Waals surface area contributed by atoms with Gasteiger partial charge in [-0.3, -0.25) is 4.90 Å². The fraction of sp³-hybridized carbons (Fsp3) is 0.500. The first kappa shape index (κ1) is 19.6. The lowest BCUT2D eigenvalue weighted by molar-refractivity contribution is 0.221. The van der Waals surface area contributed by atoms with Crippen LogP contribution in [0.5, 0.6) is 6.01 Å². The molecule has 0 unspecified atom stereocenters. The number of benzene rings is 1. The van der Waals surface area contributed by atoms with Crippen LogP contribution >= 0.6 is 0 Å². The Kier molecular flexibility index (Phi) is 6.24. The quantitative estimate of drug-likeness (QED) is 0.588. The molecule has 1 aromatic carbocycles. The van der Waals surface area contributed by atoms with Crippen LogP contribution in [0.1, 0.15) is 50.2 Å². The average Bonchev–Trinajstić information content (AvgIpc) is 3.12. The zero-order valence-corrected chi connectivity index (χ0v) is 17.2. The fourth-order valence-electron chi connectivity index (χ4n) is 3.82. The first-order valence-electron chi connectivity index (χ1n) is 10.6. The molecule has 4 rings (SSSR count). The molecule has 1 aliphatic heterocycles. The predicted octanol–water partition coefficient (Wildman–Crippen LogP) is 3.62. The minimum Gasteiger partial charge on any atom is -0.463 e. The molecule has 2 aromatic heterocycles. The van der Waals surface area contributed by atoms with E-state index in [1.54, 1.807) is 6.20 Å². The number of nitrogens with two attached hydrogens (primary N) is 1. The lowest BCUT2D eigenvalue weighted by Crippen LogP contribution is -2.29. The molecule has 0 radical (unpaired) electrons. The maximum atomic E-state index is 6.11. The second kappa shape index (κ2) is 9.22. The number of rotatable bonds is 8. The summed E-state index contributed by atoms with van der Waals surface area (Å²) in [6.07, 6.45) is 7.73. The highest BCUT2D eigenvalue weighted by Gasteiger charge is 2.13. The number of hydrogen-bond acceptors (Lipinski definition) is 6. The molecule has 154 valence electrons. The molecule has 1 fully saturated rings. The summed E-state index contributed by atoms with van der Waals surface area (Å²) in [6.45, 7) is 6.76. The molecule has 0 aliphatic carbocycles. The molecule has 3 heterocycles. The van der Waals surface area contributed by atoms with Gasteiger partial charge >= 0.3 is 6.01 Å². The lowest BCUT2D eigenvalue weighted by atomic mass is 10.1. The molecule has 0 atom stereocenters. The molecule has 7 heteroatoms. The Labute approximate surface area is 171 Å². The van der Waals surface area contributed by atoms with Crippen molar-refractivity contribution in [1.82, 2.24) is 24.6 Å². The number of nitrogens with zero attached hydrogens (tertiary/aromatic N) is 5. The highest BCUT2D eigenvalue weighted by atomic mass is 16.5. The van der Waals surface area contributed by atoms with Crippen molar-refractivity contribution < 1.29 is 4.74 Å². The van der Waals surface area contributed by atoms with E-state index in [9.17, 15) is 0 Å². The van der Waals surface area contributed by atoms with Crippen LogP contribution in [0.25, 0.3) is 11.0 Å². The second-order valence-electron chi connectivity index (χ2n) is 7.79. The number of unbranched alkanes of at least 4 members (excludes halogenated alkanes) is 1. The Morgan fingerprint density at radius 1 is 1.07 bits per heavy atom. The van der Waals surface area contributed by atoms with Crippen LogP contribution < -0.4 is 10.5 Å². The third-order valence-corrected chi connectivity index (χ3v) is 5.41. The largest absolute Gasteiger partial charge is 0.463 e. The minimum absolute atomic E-state index is 0.323. The molecule has 0 amide bonds. The number of fused-ring (bicyclic) bond motifs is 1. The van der Waals surface area contributed by atoms with Gasteiger partial charge in [0.05, 0.1) is 24.7 Å². The monoisotopic (exact) mass is 394 g/mol. The van der Waals surface area contributed by atoms with Gasteiger partial charge in [-0.2, -0.15) is 15.1 Å². The number of likely N-dealkylation sites (tertiary alicyclic amines) is 1. The molecule has 0 spiro atoms. The summed E-state index contributed by atoms with van der Waals surface area (Å²) in [7, 11) is 0. The standard InChI is InChI=1S/C22H30N6O/c1-2-3-12-29-22-25-20(23)19-14-24-28(21(19)26-22)16-18-9-7-8-17(13-18)15-27-10-5-4-6-11-27/h7-9,13-14H,2-6,10-12,15-16H2,1H3,(H2,23,25,26). The van der Waals surface area contributed by atoms with Crippen molar-refractivity contribution in [2.75, 3.05) is 25.4 Å². The molecular formula is C22H30N6O. The number of piperidine rings is 1. The number of nitrogen functional groups attached to an aromatic ring is 1. The van der Waals surface area contributed by atoms with Crippen LogP contribution in [0.4, 0.5) is 5.82 Å². The van der Waals surface area contributed by atoms with Gasteiger partial charge in [0.15, 0.2) is 5.65 Å². The van der Waals surface area contributed by atoms with E-state index in [0.717, 1.165) is 24.8 Å². The molecule has 1 saturated heterocycles. The van der Waals surface area contributed by atoms with Gasteiger partial charge in [-0.05, 0) is 43.5 Å². The summed E-state index contributed by atoms with van der Waals surface area (Å²) in [6, 6.07) is 9.06. The van der Waals surface area contributed by atoms with Gasteiger partial charge in [-0.15, -0.1) is 0 Å². The van der Waals surface area contributed by atoms with Crippen molar-refractivity contribution in [1.29, 1.82) is 0 Å². The van der Waals surface area contributed by atoms with Gasteiger partial charge in [0, 0.05) is 6.54 Å². The van der Waals surface area contributed by atoms with Gasteiger partial charge in [-0.1, -0.05) is 44.0 Å². The van der Waals surface area contributed by atoms with Crippen LogP contribution in [-0.2, 0) is 13.1 Å². The van der Waals surface area contributed by atoms with Gasteiger partial charge in [0.25, 0.3) is 0 Å². The van der Waals surface area contributed by atoms with Gasteiger partial charge < -0.3 is 10.5 Å². The van der Waals surface area contributed by atoms with Crippen molar-refractivity contribution >= 4 is 16.9 Å². The Morgan fingerprint density at radius 2 is 1.86 bits per heavy atom. The molecule has 29 heavy (non-hydrogen) atoms. The van der Waals surface area contributed by atoms with E-state index in [0.29, 0.717) is 30.6 Å². The van der Waals surface area contributed by atoms with E-state index >= 15 is 0 Å². The SMILES string of the molecule is CCCCOc1nc(N)c2cnn(Cc3cccc(CN4CCCCC4)c3)c2n1. The zero-order valence-electron chi connectivity index (χ0n) is 17.2. The number of ether oxygens (including phenoxy) is 1. The summed E-state index contributed by atoms with van der Waals surface area (Å²) in [4.78, 5) is 11.4. The average molecular weight is 395 g/mol. The van der Waals surface area contributed by atoms with Crippen molar-refractivity contribution in [3.63, 3.8) is 0 Å². The van der Waals surface area contributed by atoms with E-state index < -0.39 is 0 Å². The first-order chi connectivity index (χ1) is 14.2. The number of anilines is 1. The highest BCUT2D eigenvalue weighted by molar-refractivity contribution is 5.85. The van der Waals surface area contributed by atoms with E-state index in [1.165, 1.54) is 43.5 Å². The van der Waals surface area contributed by atoms with E-state index in [-0.39, 0.29) is 0 Å². The smallest absolute Gasteiger partial charge is 0.320 e. The normalized spacial score (nSPS) is 15.1. The maximum Gasteiger partial charge on any atom is 0.320 e. The topological polar surface area (TPSA) is 82.1 Å². The van der Waals surface area contributed by atoms with Gasteiger partial charge in [-0.25, -0.2) is 4.68 Å². The van der Waals surface area contributed by atoms with Crippen LogP contribution in [0.3, 0.4) is 0 Å². The van der Waals surface area contributed by atoms with Crippen molar-refractivity contribution in [3.05, 3.63) is 41.6 Å². The molecule has 1 aliphatic rings. The zero-order chi connectivity index (χ0) is 20.1. The molecule has 7 nitrogen and oxygen atoms in total. The number of aromatic nitrogens is 4. The first-order valence-corrected chi connectivity index (χ1v) is 10.6. The van der Waals surface area contributed by atoms with Crippen molar-refractivity contribution in [3.8, 4) is 6.01 Å². The molecular weight excluding hydrogens is 364 g/mol. The molecule has 3 aromatic rings. The molecule has 0 bridgehead atoms. The minimum atomic E-state index is 0.323. The summed E-state index contributed by atoms with van der Waals surface area (Å²) in [5, 5.41) is 5.26.